The highest BCUT2D eigenvalue weighted by Crippen LogP contribution is 2.45. The van der Waals surface area contributed by atoms with Crippen LogP contribution in [-0.4, -0.2) is 17.0 Å². The first-order valence-electron chi connectivity index (χ1n) is 14.5. The van der Waals surface area contributed by atoms with Gasteiger partial charge in [-0.05, 0) is 58.9 Å². The molecule has 0 bridgehead atoms. The molecule has 7 rings (SSSR count). The molecule has 210 valence electrons. The van der Waals surface area contributed by atoms with E-state index < -0.39 is 0 Å². The average molecular weight is 564 g/mol. The number of benzene rings is 4. The number of ether oxygens (including phenoxy) is 1. The molecule has 1 amide bonds. The molecular formula is C37H29N3O3. The first kappa shape index (κ1) is 26.5. The Bertz CT molecular complexity index is 1890. The molecule has 0 saturated carbocycles. The van der Waals surface area contributed by atoms with E-state index in [1.54, 1.807) is 29.3 Å². The van der Waals surface area contributed by atoms with Crippen LogP contribution in [0.2, 0.25) is 0 Å². The predicted molar refractivity (Wildman–Crippen MR) is 165 cm³/mol. The number of amides is 1. The molecule has 1 aromatic heterocycles. The molecule has 0 saturated heterocycles. The van der Waals surface area contributed by atoms with Crippen LogP contribution < -0.4 is 15.1 Å². The lowest BCUT2D eigenvalue weighted by Crippen LogP contribution is -2.46. The van der Waals surface area contributed by atoms with Crippen molar-refractivity contribution in [3.05, 3.63) is 165 Å². The zero-order chi connectivity index (χ0) is 29.3. The number of carbonyl (C=O) groups excluding carboxylic acids is 1. The topological polar surface area (TPSA) is 75.3 Å². The molecule has 5 aromatic rings. The molecule has 2 aliphatic rings. The molecule has 1 aliphatic heterocycles. The Hall–Kier alpha value is -5.41. The third-order valence-electron chi connectivity index (χ3n) is 8.60. The van der Waals surface area contributed by atoms with E-state index >= 15 is 0 Å². The van der Waals surface area contributed by atoms with E-state index in [9.17, 15) is 14.9 Å². The maximum atomic E-state index is 14.4. The summed E-state index contributed by atoms with van der Waals surface area (Å²) in [6.45, 7) is 0.513. The Morgan fingerprint density at radius 2 is 1.47 bits per heavy atom. The Morgan fingerprint density at radius 1 is 0.791 bits per heavy atom. The second kappa shape index (κ2) is 11.1. The predicted octanol–water partition coefficient (Wildman–Crippen LogP) is 6.43. The molecule has 6 heteroatoms. The highest BCUT2D eigenvalue weighted by atomic mass is 16.5. The summed E-state index contributed by atoms with van der Waals surface area (Å²) in [4.78, 5) is 29.5. The smallest absolute Gasteiger partial charge is 0.279 e. The monoisotopic (exact) mass is 563 g/mol. The van der Waals surface area contributed by atoms with Gasteiger partial charge in [0.1, 0.15) is 6.61 Å². The van der Waals surface area contributed by atoms with Crippen LogP contribution in [0.15, 0.2) is 120 Å². The number of nitrogens with zero attached hydrogens (tertiary/aromatic N) is 3. The number of aryl methyl sites for hydroxylation is 2. The summed E-state index contributed by atoms with van der Waals surface area (Å²) in [5, 5.41) is 9.63. The largest absolute Gasteiger partial charge is 0.483 e. The number of anilines is 1. The van der Waals surface area contributed by atoms with Gasteiger partial charge in [0, 0.05) is 30.4 Å². The van der Waals surface area contributed by atoms with Crippen molar-refractivity contribution in [2.45, 2.75) is 31.4 Å². The second-order valence-corrected chi connectivity index (χ2v) is 11.1. The first-order chi connectivity index (χ1) is 21.1. The van der Waals surface area contributed by atoms with Crippen LogP contribution in [0, 0.1) is 11.3 Å². The SMILES string of the molecule is N#Cc1cccc(N2CC(C3c4ccccc4CCc4ccccc43)n3ccc(=O)c(OCc4ccccc4)c3C2=O)c1. The van der Waals surface area contributed by atoms with Crippen LogP contribution >= 0.6 is 0 Å². The lowest BCUT2D eigenvalue weighted by Gasteiger charge is -2.41. The molecule has 43 heavy (non-hydrogen) atoms. The standard InChI is InChI=1S/C37H29N3O3/c38-22-26-11-8-14-29(21-26)40-23-32(34-30-15-6-4-12-27(30)17-18-28-13-5-7-16-31(28)34)39-20-19-33(41)36(35(39)37(40)42)43-24-25-9-2-1-3-10-25/h1-16,19-21,32,34H,17-18,23-24H2. The molecule has 1 unspecified atom stereocenters. The van der Waals surface area contributed by atoms with Crippen molar-refractivity contribution in [1.29, 1.82) is 5.26 Å². The first-order valence-corrected chi connectivity index (χ1v) is 14.5. The van der Waals surface area contributed by atoms with Crippen molar-refractivity contribution < 1.29 is 9.53 Å². The number of nitriles is 1. The van der Waals surface area contributed by atoms with Gasteiger partial charge in [0.15, 0.2) is 11.4 Å². The fraction of sp³-hybridized carbons (Fsp3) is 0.162. The molecule has 4 aromatic carbocycles. The summed E-state index contributed by atoms with van der Waals surface area (Å²) in [5.74, 6) is -0.382. The number of rotatable bonds is 5. The zero-order valence-corrected chi connectivity index (χ0v) is 23.5. The van der Waals surface area contributed by atoms with E-state index in [4.69, 9.17) is 4.74 Å². The van der Waals surface area contributed by atoms with Gasteiger partial charge < -0.3 is 14.2 Å². The molecule has 0 radical (unpaired) electrons. The minimum absolute atomic E-state index is 0.0395. The van der Waals surface area contributed by atoms with Crippen molar-refractivity contribution in [2.24, 2.45) is 0 Å². The van der Waals surface area contributed by atoms with Gasteiger partial charge in [0.25, 0.3) is 5.91 Å². The normalized spacial score (nSPS) is 15.9. The Morgan fingerprint density at radius 3 is 2.16 bits per heavy atom. The van der Waals surface area contributed by atoms with Crippen molar-refractivity contribution in [3.63, 3.8) is 0 Å². The van der Waals surface area contributed by atoms with Crippen LogP contribution in [-0.2, 0) is 19.4 Å². The van der Waals surface area contributed by atoms with Gasteiger partial charge in [-0.3, -0.25) is 9.59 Å². The summed E-state index contributed by atoms with van der Waals surface area (Å²) < 4.78 is 8.14. The maximum Gasteiger partial charge on any atom is 0.279 e. The number of fused-ring (bicyclic) bond motifs is 3. The Kier molecular flexibility index (Phi) is 6.84. The van der Waals surface area contributed by atoms with Crippen LogP contribution in [0.3, 0.4) is 0 Å². The van der Waals surface area contributed by atoms with Gasteiger partial charge in [0.05, 0.1) is 17.7 Å². The number of pyridine rings is 1. The van der Waals surface area contributed by atoms with E-state index in [0.29, 0.717) is 17.8 Å². The molecule has 0 spiro atoms. The molecule has 2 heterocycles. The summed E-state index contributed by atoms with van der Waals surface area (Å²) in [6, 6.07) is 37.2. The summed E-state index contributed by atoms with van der Waals surface area (Å²) in [6.07, 6.45) is 3.59. The second-order valence-electron chi connectivity index (χ2n) is 11.1. The minimum atomic E-state index is -0.344. The van der Waals surface area contributed by atoms with E-state index in [0.717, 1.165) is 18.4 Å². The third kappa shape index (κ3) is 4.79. The molecule has 0 fully saturated rings. The fourth-order valence-corrected chi connectivity index (χ4v) is 6.59. The van der Waals surface area contributed by atoms with Gasteiger partial charge in [-0.1, -0.05) is 84.9 Å². The molecule has 6 nitrogen and oxygen atoms in total. The van der Waals surface area contributed by atoms with Crippen LogP contribution in [0.25, 0.3) is 0 Å². The van der Waals surface area contributed by atoms with Gasteiger partial charge >= 0.3 is 0 Å². The van der Waals surface area contributed by atoms with E-state index in [-0.39, 0.29) is 41.3 Å². The number of hydrogen-bond acceptors (Lipinski definition) is 4. The van der Waals surface area contributed by atoms with Crippen molar-refractivity contribution in [1.82, 2.24) is 4.57 Å². The van der Waals surface area contributed by atoms with Crippen molar-refractivity contribution in [3.8, 4) is 11.8 Å². The van der Waals surface area contributed by atoms with E-state index in [2.05, 4.69) is 54.6 Å². The van der Waals surface area contributed by atoms with Crippen LogP contribution in [0.4, 0.5) is 5.69 Å². The van der Waals surface area contributed by atoms with Gasteiger partial charge in [-0.25, -0.2) is 0 Å². The van der Waals surface area contributed by atoms with Crippen molar-refractivity contribution in [2.75, 3.05) is 11.4 Å². The lowest BCUT2D eigenvalue weighted by atomic mass is 9.81. The van der Waals surface area contributed by atoms with Crippen LogP contribution in [0.5, 0.6) is 5.75 Å². The van der Waals surface area contributed by atoms with Crippen LogP contribution in [0.1, 0.15) is 55.8 Å². The van der Waals surface area contributed by atoms with E-state index in [1.807, 2.05) is 41.0 Å². The highest BCUT2D eigenvalue weighted by Gasteiger charge is 2.41. The minimum Gasteiger partial charge on any atom is -0.483 e. The van der Waals surface area contributed by atoms with Gasteiger partial charge in [-0.15, -0.1) is 0 Å². The van der Waals surface area contributed by atoms with Gasteiger partial charge in [0.2, 0.25) is 5.43 Å². The van der Waals surface area contributed by atoms with Crippen molar-refractivity contribution >= 4 is 11.6 Å². The fourth-order valence-electron chi connectivity index (χ4n) is 6.59. The molecule has 1 aliphatic carbocycles. The summed E-state index contributed by atoms with van der Waals surface area (Å²) >= 11 is 0. The van der Waals surface area contributed by atoms with E-state index in [1.165, 1.54) is 28.3 Å². The highest BCUT2D eigenvalue weighted by molar-refractivity contribution is 6.07. The number of aromatic nitrogens is 1. The summed E-state index contributed by atoms with van der Waals surface area (Å²) in [7, 11) is 0. The average Bonchev–Trinajstić information content (AvgIpc) is 3.22. The number of carbonyl (C=O) groups is 1. The summed E-state index contributed by atoms with van der Waals surface area (Å²) in [5.41, 5.74) is 6.84. The number of hydrogen-bond donors (Lipinski definition) is 0. The molecule has 0 N–H and O–H groups in total. The lowest BCUT2D eigenvalue weighted by molar-refractivity contribution is 0.0943. The Labute approximate surface area is 250 Å². The quantitative estimate of drug-likeness (QED) is 0.247. The molecule has 1 atom stereocenters. The maximum absolute atomic E-state index is 14.4. The third-order valence-corrected chi connectivity index (χ3v) is 8.60. The Balaban J connectivity index is 1.44. The molecular weight excluding hydrogens is 534 g/mol. The van der Waals surface area contributed by atoms with Gasteiger partial charge in [-0.2, -0.15) is 5.26 Å². The zero-order valence-electron chi connectivity index (χ0n) is 23.5.